The number of amides is 1. The summed E-state index contributed by atoms with van der Waals surface area (Å²) >= 11 is 6.73. The number of nitrogens with two attached hydrogens (primary N) is 1. The van der Waals surface area contributed by atoms with Gasteiger partial charge in [-0.15, -0.1) is 0 Å². The Morgan fingerprint density at radius 1 is 1.58 bits per heavy atom. The zero-order chi connectivity index (χ0) is 13.9. The van der Waals surface area contributed by atoms with Crippen LogP contribution in [0.4, 0.5) is 0 Å². The Labute approximate surface area is 122 Å². The number of ether oxygens (including phenoxy) is 1. The third-order valence-corrected chi connectivity index (χ3v) is 4.74. The molecule has 0 spiro atoms. The molecule has 104 valence electrons. The third-order valence-electron chi connectivity index (χ3n) is 3.64. The predicted octanol–water partition coefficient (Wildman–Crippen LogP) is 2.01. The lowest BCUT2D eigenvalue weighted by Crippen LogP contribution is -2.52. The van der Waals surface area contributed by atoms with E-state index < -0.39 is 5.41 Å². The van der Waals surface area contributed by atoms with Gasteiger partial charge >= 0.3 is 0 Å². The van der Waals surface area contributed by atoms with Crippen LogP contribution in [0.3, 0.4) is 0 Å². The summed E-state index contributed by atoms with van der Waals surface area (Å²) in [6, 6.07) is 1.97. The van der Waals surface area contributed by atoms with E-state index in [2.05, 4.69) is 5.32 Å². The first-order valence-electron chi connectivity index (χ1n) is 6.27. The van der Waals surface area contributed by atoms with Gasteiger partial charge in [-0.2, -0.15) is 11.3 Å². The minimum Gasteiger partial charge on any atom is -0.392 e. The number of nitrogens with one attached hydrogen (secondary N) is 1. The molecule has 0 radical (unpaired) electrons. The molecule has 1 aromatic heterocycles. The number of hydrogen-bond donors (Lipinski definition) is 2. The Morgan fingerprint density at radius 3 is 2.79 bits per heavy atom. The van der Waals surface area contributed by atoms with E-state index in [0.717, 1.165) is 5.56 Å². The van der Waals surface area contributed by atoms with Crippen molar-refractivity contribution in [2.75, 3.05) is 13.2 Å². The van der Waals surface area contributed by atoms with E-state index in [4.69, 9.17) is 22.7 Å². The van der Waals surface area contributed by atoms with Crippen LogP contribution in [0.2, 0.25) is 0 Å². The van der Waals surface area contributed by atoms with Crippen molar-refractivity contribution in [2.45, 2.75) is 25.8 Å². The van der Waals surface area contributed by atoms with Crippen LogP contribution in [0.1, 0.15) is 31.4 Å². The fraction of sp³-hybridized carbons (Fsp3) is 0.538. The standard InChI is InChI=1S/C13H18N2O2S2/c1-9(10-2-7-19-8-10)15-12(16)13(11(14)18)3-5-17-6-4-13/h2,7-9H,3-6H2,1H3,(H2,14,18)(H,15,16). The number of carbonyl (C=O) groups excluding carboxylic acids is 1. The Morgan fingerprint density at radius 2 is 2.26 bits per heavy atom. The summed E-state index contributed by atoms with van der Waals surface area (Å²) in [6.07, 6.45) is 1.12. The lowest BCUT2D eigenvalue weighted by Gasteiger charge is -2.35. The van der Waals surface area contributed by atoms with Crippen LogP contribution in [0, 0.1) is 5.41 Å². The lowest BCUT2D eigenvalue weighted by molar-refractivity contribution is -0.132. The maximum absolute atomic E-state index is 12.5. The zero-order valence-corrected chi connectivity index (χ0v) is 12.5. The first-order valence-corrected chi connectivity index (χ1v) is 7.62. The van der Waals surface area contributed by atoms with Gasteiger partial charge in [-0.1, -0.05) is 12.2 Å². The van der Waals surface area contributed by atoms with Crippen molar-refractivity contribution in [3.8, 4) is 0 Å². The highest BCUT2D eigenvalue weighted by Gasteiger charge is 2.43. The SMILES string of the molecule is CC(NC(=O)C1(C(N)=S)CCOCC1)c1ccsc1. The number of thiophene rings is 1. The summed E-state index contributed by atoms with van der Waals surface area (Å²) in [6.45, 7) is 3.02. The highest BCUT2D eigenvalue weighted by molar-refractivity contribution is 7.80. The molecule has 2 rings (SSSR count). The molecule has 2 heterocycles. The van der Waals surface area contributed by atoms with Crippen molar-refractivity contribution in [2.24, 2.45) is 11.1 Å². The van der Waals surface area contributed by atoms with Gasteiger partial charge in [0.1, 0.15) is 5.41 Å². The summed E-state index contributed by atoms with van der Waals surface area (Å²) in [5.74, 6) is -0.0815. The van der Waals surface area contributed by atoms with Gasteiger partial charge < -0.3 is 15.8 Å². The fourth-order valence-electron chi connectivity index (χ4n) is 2.24. The Hall–Kier alpha value is -0.980. The molecule has 1 saturated heterocycles. The first kappa shape index (κ1) is 14.4. The molecule has 1 aliphatic heterocycles. The average Bonchev–Trinajstić information content (AvgIpc) is 2.93. The van der Waals surface area contributed by atoms with Crippen LogP contribution in [0.25, 0.3) is 0 Å². The summed E-state index contributed by atoms with van der Waals surface area (Å²) < 4.78 is 5.31. The molecule has 6 heteroatoms. The number of rotatable bonds is 4. The molecule has 0 saturated carbocycles. The number of hydrogen-bond acceptors (Lipinski definition) is 4. The second-order valence-corrected chi connectivity index (χ2v) is 6.03. The van der Waals surface area contributed by atoms with Crippen molar-refractivity contribution < 1.29 is 9.53 Å². The molecule has 4 nitrogen and oxygen atoms in total. The van der Waals surface area contributed by atoms with Gasteiger partial charge in [0.05, 0.1) is 11.0 Å². The molecule has 1 fully saturated rings. The third kappa shape index (κ3) is 2.96. The van der Waals surface area contributed by atoms with E-state index in [9.17, 15) is 4.79 Å². The number of carbonyl (C=O) groups is 1. The first-order chi connectivity index (χ1) is 9.06. The molecular weight excluding hydrogens is 280 g/mol. The van der Waals surface area contributed by atoms with Crippen LogP contribution in [0.15, 0.2) is 16.8 Å². The molecule has 1 aliphatic rings. The second-order valence-electron chi connectivity index (χ2n) is 4.81. The minimum absolute atomic E-state index is 0.0344. The topological polar surface area (TPSA) is 64.4 Å². The minimum atomic E-state index is -0.752. The van der Waals surface area contributed by atoms with Crippen LogP contribution in [0.5, 0.6) is 0 Å². The van der Waals surface area contributed by atoms with E-state index >= 15 is 0 Å². The van der Waals surface area contributed by atoms with Gasteiger partial charge in [0.15, 0.2) is 0 Å². The van der Waals surface area contributed by atoms with Crippen LogP contribution >= 0.6 is 23.6 Å². The van der Waals surface area contributed by atoms with Gasteiger partial charge in [-0.3, -0.25) is 4.79 Å². The molecule has 0 bridgehead atoms. The fourth-order valence-corrected chi connectivity index (χ4v) is 3.30. The summed E-state index contributed by atoms with van der Waals surface area (Å²) in [5, 5.41) is 7.04. The van der Waals surface area contributed by atoms with Gasteiger partial charge in [0.2, 0.25) is 5.91 Å². The van der Waals surface area contributed by atoms with E-state index in [-0.39, 0.29) is 16.9 Å². The van der Waals surface area contributed by atoms with E-state index in [1.165, 1.54) is 0 Å². The quantitative estimate of drug-likeness (QED) is 0.835. The monoisotopic (exact) mass is 298 g/mol. The van der Waals surface area contributed by atoms with Gasteiger partial charge in [0.25, 0.3) is 0 Å². The molecule has 1 amide bonds. The Bertz CT molecular complexity index is 453. The largest absolute Gasteiger partial charge is 0.392 e. The Kier molecular flexibility index (Phi) is 4.54. The van der Waals surface area contributed by atoms with Crippen molar-refractivity contribution in [1.29, 1.82) is 0 Å². The molecule has 0 aromatic carbocycles. The molecule has 1 aromatic rings. The van der Waals surface area contributed by atoms with Crippen LogP contribution < -0.4 is 11.1 Å². The highest BCUT2D eigenvalue weighted by Crippen LogP contribution is 2.32. The van der Waals surface area contributed by atoms with Crippen LogP contribution in [-0.4, -0.2) is 24.1 Å². The maximum atomic E-state index is 12.5. The second kappa shape index (κ2) is 5.98. The predicted molar refractivity (Wildman–Crippen MR) is 80.1 cm³/mol. The maximum Gasteiger partial charge on any atom is 0.233 e. The van der Waals surface area contributed by atoms with Gasteiger partial charge in [-0.05, 0) is 42.2 Å². The van der Waals surface area contributed by atoms with Crippen molar-refractivity contribution >= 4 is 34.5 Å². The molecule has 1 atom stereocenters. The molecular formula is C13H18N2O2S2. The normalized spacial score (nSPS) is 19.6. The summed E-state index contributed by atoms with van der Waals surface area (Å²) in [5.41, 5.74) is 6.16. The highest BCUT2D eigenvalue weighted by atomic mass is 32.1. The lowest BCUT2D eigenvalue weighted by atomic mass is 9.79. The molecule has 1 unspecified atom stereocenters. The average molecular weight is 298 g/mol. The van der Waals surface area contributed by atoms with E-state index in [1.807, 2.05) is 23.8 Å². The van der Waals surface area contributed by atoms with Crippen molar-refractivity contribution in [3.63, 3.8) is 0 Å². The molecule has 19 heavy (non-hydrogen) atoms. The van der Waals surface area contributed by atoms with Gasteiger partial charge in [-0.25, -0.2) is 0 Å². The summed E-state index contributed by atoms with van der Waals surface area (Å²) in [7, 11) is 0. The van der Waals surface area contributed by atoms with E-state index in [0.29, 0.717) is 26.1 Å². The zero-order valence-electron chi connectivity index (χ0n) is 10.8. The molecule has 3 N–H and O–H groups in total. The number of thiocarbonyl (C=S) groups is 1. The summed E-state index contributed by atoms with van der Waals surface area (Å²) in [4.78, 5) is 12.8. The van der Waals surface area contributed by atoms with Crippen molar-refractivity contribution in [1.82, 2.24) is 5.32 Å². The molecule has 0 aliphatic carbocycles. The van der Waals surface area contributed by atoms with Gasteiger partial charge in [0, 0.05) is 13.2 Å². The van der Waals surface area contributed by atoms with E-state index in [1.54, 1.807) is 11.3 Å². The Balaban J connectivity index is 2.10. The van der Waals surface area contributed by atoms with Crippen molar-refractivity contribution in [3.05, 3.63) is 22.4 Å². The van der Waals surface area contributed by atoms with Crippen LogP contribution in [-0.2, 0) is 9.53 Å². The smallest absolute Gasteiger partial charge is 0.233 e.